The molecule has 1 aliphatic carbocycles. The van der Waals surface area contributed by atoms with Gasteiger partial charge in [0.05, 0.1) is 5.39 Å². The number of carbonyl (C=O) groups excluding carboxylic acids is 1. The Balaban J connectivity index is 1.49. The van der Waals surface area contributed by atoms with Gasteiger partial charge in [0, 0.05) is 47.1 Å². The maximum absolute atomic E-state index is 11.4. The van der Waals surface area contributed by atoms with Gasteiger partial charge in [0.1, 0.15) is 23.2 Å². The first-order valence-electron chi connectivity index (χ1n) is 12.3. The zero-order chi connectivity index (χ0) is 24.6. The van der Waals surface area contributed by atoms with Crippen molar-refractivity contribution >= 4 is 22.5 Å². The summed E-state index contributed by atoms with van der Waals surface area (Å²) in [7, 11) is 0. The molecule has 8 heteroatoms. The van der Waals surface area contributed by atoms with Crippen LogP contribution < -0.4 is 5.32 Å². The average Bonchev–Trinajstić information content (AvgIpc) is 3.63. The van der Waals surface area contributed by atoms with Crippen LogP contribution in [0.15, 0.2) is 65.4 Å². The summed E-state index contributed by atoms with van der Waals surface area (Å²) in [5.74, 6) is 0.363. The lowest BCUT2D eigenvalue weighted by molar-refractivity contribution is -0.114. The molecular weight excluding hydrogens is 454 g/mol. The number of aromatic hydroxyl groups is 1. The van der Waals surface area contributed by atoms with Gasteiger partial charge in [0.2, 0.25) is 11.8 Å². The third-order valence-electron chi connectivity index (χ3n) is 7.03. The quantitative estimate of drug-likeness (QED) is 0.270. The minimum atomic E-state index is -0.110. The minimum Gasteiger partial charge on any atom is -0.493 e. The first-order valence-corrected chi connectivity index (χ1v) is 12.3. The number of nitrogens with one attached hydrogen (secondary N) is 2. The molecule has 1 saturated carbocycles. The molecule has 0 radical (unpaired) electrons. The monoisotopic (exact) mass is 481 g/mol. The highest BCUT2D eigenvalue weighted by Crippen LogP contribution is 2.45. The minimum absolute atomic E-state index is 0.110. The number of amides is 1. The summed E-state index contributed by atoms with van der Waals surface area (Å²) < 4.78 is 6.96. The predicted molar refractivity (Wildman–Crippen MR) is 138 cm³/mol. The summed E-state index contributed by atoms with van der Waals surface area (Å²) >= 11 is 0. The van der Waals surface area contributed by atoms with Crippen molar-refractivity contribution in [2.24, 2.45) is 0 Å². The molecule has 6 rings (SSSR count). The van der Waals surface area contributed by atoms with E-state index in [1.807, 2.05) is 59.2 Å². The number of H-pyrrole nitrogens is 1. The number of aromatic amines is 1. The maximum atomic E-state index is 11.4. The van der Waals surface area contributed by atoms with Crippen LogP contribution in [0.1, 0.15) is 50.6 Å². The molecule has 0 spiro atoms. The van der Waals surface area contributed by atoms with E-state index in [-0.39, 0.29) is 11.8 Å². The fraction of sp³-hybridized carbons (Fsp3) is 0.250. The van der Waals surface area contributed by atoms with Crippen molar-refractivity contribution in [2.75, 3.05) is 5.32 Å². The molecule has 3 heterocycles. The van der Waals surface area contributed by atoms with E-state index < -0.39 is 0 Å². The zero-order valence-electron chi connectivity index (χ0n) is 20.0. The van der Waals surface area contributed by atoms with E-state index in [9.17, 15) is 9.90 Å². The summed E-state index contributed by atoms with van der Waals surface area (Å²) in [4.78, 5) is 11.4. The molecule has 3 aromatic heterocycles. The summed E-state index contributed by atoms with van der Waals surface area (Å²) in [5.41, 5.74) is 6.79. The van der Waals surface area contributed by atoms with Crippen molar-refractivity contribution < 1.29 is 14.4 Å². The molecule has 3 N–H and O–H groups in total. The molecule has 182 valence electrons. The highest BCUT2D eigenvalue weighted by atomic mass is 16.5. The summed E-state index contributed by atoms with van der Waals surface area (Å²) in [5, 5.41) is 26.9. The fourth-order valence-electron chi connectivity index (χ4n) is 5.38. The summed E-state index contributed by atoms with van der Waals surface area (Å²) in [6.07, 6.45) is 7.27. The number of hydrogen-bond acceptors (Lipinski definition) is 5. The van der Waals surface area contributed by atoms with Crippen LogP contribution in [0.4, 0.5) is 5.69 Å². The molecular formula is C28H27N5O3. The van der Waals surface area contributed by atoms with Crippen LogP contribution in [-0.4, -0.2) is 30.9 Å². The van der Waals surface area contributed by atoms with Gasteiger partial charge in [-0.2, -0.15) is 5.10 Å². The second-order valence-electron chi connectivity index (χ2n) is 9.39. The van der Waals surface area contributed by atoms with E-state index in [0.29, 0.717) is 11.4 Å². The van der Waals surface area contributed by atoms with E-state index in [4.69, 9.17) is 4.52 Å². The second kappa shape index (κ2) is 9.03. The van der Waals surface area contributed by atoms with Gasteiger partial charge in [0.25, 0.3) is 0 Å². The van der Waals surface area contributed by atoms with E-state index in [2.05, 4.69) is 20.7 Å². The molecule has 0 atom stereocenters. The highest BCUT2D eigenvalue weighted by molar-refractivity contribution is 6.00. The van der Waals surface area contributed by atoms with Gasteiger partial charge >= 0.3 is 0 Å². The van der Waals surface area contributed by atoms with Crippen molar-refractivity contribution in [2.45, 2.75) is 44.9 Å². The molecule has 5 aromatic rings. The topological polar surface area (TPSA) is 109 Å². The Kier molecular flexibility index (Phi) is 5.56. The standard InChI is InChI=1S/C28H27N5O3/c1-17(34)29-21-11-7-19(8-12-21)25-24-26(31-30-25)28(35)33(27(24)20-5-3-2-4-6-20)22-13-9-18(10-14-22)23-15-16-36-32-23/h7-16,20,31,35H,2-6H2,1H3,(H,29,34). The normalized spacial score (nSPS) is 14.4. The number of anilines is 1. The van der Waals surface area contributed by atoms with Crippen molar-refractivity contribution in [1.82, 2.24) is 19.9 Å². The van der Waals surface area contributed by atoms with Gasteiger partial charge in [0.15, 0.2) is 0 Å². The Morgan fingerprint density at radius 1 is 1.03 bits per heavy atom. The molecule has 36 heavy (non-hydrogen) atoms. The molecule has 1 fully saturated rings. The molecule has 1 aliphatic rings. The first-order chi connectivity index (χ1) is 17.6. The molecule has 0 bridgehead atoms. The van der Waals surface area contributed by atoms with Crippen LogP contribution >= 0.6 is 0 Å². The number of benzene rings is 2. The number of hydrogen-bond donors (Lipinski definition) is 3. The van der Waals surface area contributed by atoms with E-state index in [1.165, 1.54) is 26.2 Å². The van der Waals surface area contributed by atoms with Gasteiger partial charge in [-0.05, 0) is 37.1 Å². The Morgan fingerprint density at radius 2 is 1.75 bits per heavy atom. The Labute approximate surface area is 207 Å². The van der Waals surface area contributed by atoms with E-state index in [0.717, 1.165) is 57.8 Å². The van der Waals surface area contributed by atoms with Crippen LogP contribution in [0.5, 0.6) is 5.88 Å². The van der Waals surface area contributed by atoms with Crippen LogP contribution in [0.25, 0.3) is 39.1 Å². The number of fused-ring (bicyclic) bond motifs is 1. The molecule has 0 saturated heterocycles. The van der Waals surface area contributed by atoms with Gasteiger partial charge in [-0.3, -0.25) is 14.5 Å². The molecule has 2 aromatic carbocycles. The smallest absolute Gasteiger partial charge is 0.222 e. The van der Waals surface area contributed by atoms with Crippen LogP contribution in [0.2, 0.25) is 0 Å². The number of rotatable bonds is 5. The largest absolute Gasteiger partial charge is 0.493 e. The van der Waals surface area contributed by atoms with Gasteiger partial charge in [-0.25, -0.2) is 0 Å². The van der Waals surface area contributed by atoms with E-state index in [1.54, 1.807) is 6.26 Å². The van der Waals surface area contributed by atoms with Crippen LogP contribution in [-0.2, 0) is 4.79 Å². The Morgan fingerprint density at radius 3 is 2.42 bits per heavy atom. The Bertz CT molecular complexity index is 1510. The molecule has 8 nitrogen and oxygen atoms in total. The SMILES string of the molecule is CC(=O)Nc1ccc(-c2n[nH]c3c(O)n(-c4ccc(-c5ccon5)cc4)c(C4CCCCC4)c23)cc1. The zero-order valence-corrected chi connectivity index (χ0v) is 20.0. The lowest BCUT2D eigenvalue weighted by Crippen LogP contribution is -2.10. The van der Waals surface area contributed by atoms with Crippen molar-refractivity contribution in [3.8, 4) is 34.1 Å². The number of carbonyl (C=O) groups is 1. The average molecular weight is 482 g/mol. The highest BCUT2D eigenvalue weighted by Gasteiger charge is 2.30. The van der Waals surface area contributed by atoms with Crippen LogP contribution in [0.3, 0.4) is 0 Å². The fourth-order valence-corrected chi connectivity index (χ4v) is 5.38. The lowest BCUT2D eigenvalue weighted by Gasteiger charge is -2.24. The number of aromatic nitrogens is 4. The summed E-state index contributed by atoms with van der Waals surface area (Å²) in [6.45, 7) is 1.49. The van der Waals surface area contributed by atoms with Crippen molar-refractivity contribution in [3.05, 3.63) is 66.6 Å². The van der Waals surface area contributed by atoms with Crippen molar-refractivity contribution in [3.63, 3.8) is 0 Å². The predicted octanol–water partition coefficient (Wildman–Crippen LogP) is 6.39. The number of nitrogens with zero attached hydrogens (tertiary/aromatic N) is 3. The second-order valence-corrected chi connectivity index (χ2v) is 9.39. The molecule has 0 aliphatic heterocycles. The van der Waals surface area contributed by atoms with Gasteiger partial charge in [-0.15, -0.1) is 0 Å². The van der Waals surface area contributed by atoms with Crippen LogP contribution in [0, 0.1) is 0 Å². The van der Waals surface area contributed by atoms with E-state index >= 15 is 0 Å². The van der Waals surface area contributed by atoms with Gasteiger partial charge < -0.3 is 14.9 Å². The first kappa shape index (κ1) is 22.2. The third kappa shape index (κ3) is 3.84. The molecule has 0 unspecified atom stereocenters. The maximum Gasteiger partial charge on any atom is 0.222 e. The third-order valence-corrected chi connectivity index (χ3v) is 7.03. The lowest BCUT2D eigenvalue weighted by atomic mass is 9.85. The van der Waals surface area contributed by atoms with Gasteiger partial charge in [-0.1, -0.05) is 48.7 Å². The summed E-state index contributed by atoms with van der Waals surface area (Å²) in [6, 6.07) is 17.5. The van der Waals surface area contributed by atoms with Crippen molar-refractivity contribution in [1.29, 1.82) is 0 Å². The molecule has 1 amide bonds. The Hall–Kier alpha value is -4.33.